The number of aromatic nitrogens is 2. The molecule has 8 nitrogen and oxygen atoms in total. The summed E-state index contributed by atoms with van der Waals surface area (Å²) in [5.74, 6) is 0.378. The molecule has 11 heteroatoms. The van der Waals surface area contributed by atoms with Crippen molar-refractivity contribution in [3.8, 4) is 5.75 Å². The third-order valence-electron chi connectivity index (χ3n) is 6.40. The molecule has 41 heavy (non-hydrogen) atoms. The van der Waals surface area contributed by atoms with E-state index in [9.17, 15) is 9.59 Å². The molecule has 0 atom stereocenters. The van der Waals surface area contributed by atoms with Crippen LogP contribution in [0.4, 0.5) is 5.69 Å². The van der Waals surface area contributed by atoms with E-state index in [1.165, 1.54) is 9.80 Å². The van der Waals surface area contributed by atoms with Crippen LogP contribution in [0.3, 0.4) is 0 Å². The maximum atomic E-state index is 12.9. The normalized spacial score (nSPS) is 11.3. The number of carbonyl (C=O) groups is 2. The van der Waals surface area contributed by atoms with E-state index >= 15 is 0 Å². The van der Waals surface area contributed by atoms with Gasteiger partial charge in [0, 0.05) is 50.0 Å². The molecular formula is C30H30BrCl2N5O3. The first-order valence-corrected chi connectivity index (χ1v) is 14.3. The van der Waals surface area contributed by atoms with Gasteiger partial charge < -0.3 is 19.9 Å². The molecule has 0 fully saturated rings. The Labute approximate surface area is 257 Å². The summed E-state index contributed by atoms with van der Waals surface area (Å²) in [5, 5.41) is 3.90. The molecule has 0 bridgehead atoms. The number of fused-ring (bicyclic) bond motifs is 1. The van der Waals surface area contributed by atoms with Gasteiger partial charge >= 0.3 is 0 Å². The first-order chi connectivity index (χ1) is 19.6. The van der Waals surface area contributed by atoms with E-state index in [0.29, 0.717) is 44.8 Å². The molecule has 2 aromatic carbocycles. The molecule has 0 aliphatic heterocycles. The minimum absolute atomic E-state index is 0.0410. The zero-order valence-corrected chi connectivity index (χ0v) is 26.2. The number of hydrogen-bond acceptors (Lipinski definition) is 5. The number of likely N-dealkylation sites (N-methyl/N-ethyl adjacent to an activating group) is 1. The molecule has 0 saturated carbocycles. The zero-order valence-electron chi connectivity index (χ0n) is 23.1. The lowest BCUT2D eigenvalue weighted by atomic mass is 10.1. The molecular weight excluding hydrogens is 629 g/mol. The Morgan fingerprint density at radius 1 is 1.10 bits per heavy atom. The molecule has 0 unspecified atom stereocenters. The molecule has 0 spiro atoms. The van der Waals surface area contributed by atoms with Crippen LogP contribution in [-0.4, -0.2) is 60.3 Å². The minimum atomic E-state index is -0.163. The summed E-state index contributed by atoms with van der Waals surface area (Å²) >= 11 is 16.7. The predicted octanol–water partition coefficient (Wildman–Crippen LogP) is 6.26. The fraction of sp³-hybridized carbons (Fsp3) is 0.233. The number of imidazole rings is 1. The second-order valence-corrected chi connectivity index (χ2v) is 11.0. The van der Waals surface area contributed by atoms with E-state index in [1.807, 2.05) is 53.9 Å². The van der Waals surface area contributed by atoms with Gasteiger partial charge in [0.2, 0.25) is 5.91 Å². The SMILES string of the molecule is Cc1nc2c(OCc3c(Cl)ccc(N(C)C(=O)CNCC=Cc4ccc(C(=O)N(C)C)cc4)c3Cl)cccn2c1Br. The number of nitrogens with zero attached hydrogens (tertiary/aromatic N) is 4. The van der Waals surface area contributed by atoms with Gasteiger partial charge in [-0.15, -0.1) is 0 Å². The van der Waals surface area contributed by atoms with E-state index in [-0.39, 0.29) is 25.0 Å². The van der Waals surface area contributed by atoms with Crippen LogP contribution in [0.5, 0.6) is 5.75 Å². The number of aryl methyl sites for hydroxylation is 1. The van der Waals surface area contributed by atoms with E-state index in [0.717, 1.165) is 15.9 Å². The van der Waals surface area contributed by atoms with Crippen LogP contribution in [0.15, 0.2) is 65.4 Å². The van der Waals surface area contributed by atoms with Gasteiger partial charge in [0.25, 0.3) is 5.91 Å². The predicted molar refractivity (Wildman–Crippen MR) is 168 cm³/mol. The molecule has 4 aromatic rings. The number of halogens is 3. The number of benzene rings is 2. The number of nitrogens with one attached hydrogen (secondary N) is 1. The van der Waals surface area contributed by atoms with E-state index < -0.39 is 0 Å². The molecule has 2 amide bonds. The standard InChI is InChI=1S/C30H30BrCl2N5O3/c1-19-28(31)38-16-6-8-25(29(38)35-19)41-18-22-23(32)13-14-24(27(22)33)37(4)26(39)17-34-15-5-7-20-9-11-21(12-10-20)30(40)36(2)3/h5-14,16,34H,15,17-18H2,1-4H3. The van der Waals surface area contributed by atoms with Crippen LogP contribution in [0.25, 0.3) is 11.7 Å². The monoisotopic (exact) mass is 657 g/mol. The highest BCUT2D eigenvalue weighted by Gasteiger charge is 2.19. The molecule has 2 heterocycles. The van der Waals surface area contributed by atoms with E-state index in [2.05, 4.69) is 26.2 Å². The number of anilines is 1. The summed E-state index contributed by atoms with van der Waals surface area (Å²) in [5.41, 5.74) is 4.21. The van der Waals surface area contributed by atoms with Crippen molar-refractivity contribution in [3.05, 3.63) is 97.8 Å². The molecule has 0 radical (unpaired) electrons. The summed E-state index contributed by atoms with van der Waals surface area (Å²) in [6, 6.07) is 14.5. The minimum Gasteiger partial charge on any atom is -0.485 e. The van der Waals surface area contributed by atoms with Crippen LogP contribution >= 0.6 is 39.1 Å². The first-order valence-electron chi connectivity index (χ1n) is 12.8. The van der Waals surface area contributed by atoms with Crippen LogP contribution in [0.1, 0.15) is 27.2 Å². The van der Waals surface area contributed by atoms with Gasteiger partial charge in [0.1, 0.15) is 11.2 Å². The van der Waals surface area contributed by atoms with Crippen molar-refractivity contribution >= 4 is 68.4 Å². The van der Waals surface area contributed by atoms with Gasteiger partial charge in [-0.05, 0) is 64.8 Å². The van der Waals surface area contributed by atoms with Crippen molar-refractivity contribution in [3.63, 3.8) is 0 Å². The number of ether oxygens (including phenoxy) is 1. The zero-order chi connectivity index (χ0) is 29.7. The number of rotatable bonds is 10. The lowest BCUT2D eigenvalue weighted by Crippen LogP contribution is -2.35. The fourth-order valence-electron chi connectivity index (χ4n) is 4.07. The van der Waals surface area contributed by atoms with Gasteiger partial charge in [0.15, 0.2) is 11.4 Å². The Morgan fingerprint density at radius 2 is 1.83 bits per heavy atom. The highest BCUT2D eigenvalue weighted by Crippen LogP contribution is 2.35. The second kappa shape index (κ2) is 13.5. The second-order valence-electron chi connectivity index (χ2n) is 9.51. The van der Waals surface area contributed by atoms with Crippen LogP contribution in [0.2, 0.25) is 10.0 Å². The Bertz CT molecular complexity index is 1600. The van der Waals surface area contributed by atoms with E-state index in [1.54, 1.807) is 45.4 Å². The van der Waals surface area contributed by atoms with Gasteiger partial charge in [-0.2, -0.15) is 0 Å². The summed E-state index contributed by atoms with van der Waals surface area (Å²) in [6.07, 6.45) is 5.74. The highest BCUT2D eigenvalue weighted by molar-refractivity contribution is 9.10. The van der Waals surface area contributed by atoms with Crippen molar-refractivity contribution in [2.45, 2.75) is 13.5 Å². The molecule has 0 aliphatic rings. The number of pyridine rings is 1. The molecule has 2 aromatic heterocycles. The number of carbonyl (C=O) groups excluding carboxylic acids is 2. The Balaban J connectivity index is 1.35. The lowest BCUT2D eigenvalue weighted by Gasteiger charge is -2.21. The molecule has 0 aliphatic carbocycles. The average Bonchev–Trinajstić information content (AvgIpc) is 3.25. The van der Waals surface area contributed by atoms with Crippen LogP contribution < -0.4 is 15.0 Å². The topological polar surface area (TPSA) is 79.2 Å². The number of amides is 2. The maximum Gasteiger partial charge on any atom is 0.253 e. The van der Waals surface area contributed by atoms with Gasteiger partial charge in [-0.3, -0.25) is 14.0 Å². The summed E-state index contributed by atoms with van der Waals surface area (Å²) < 4.78 is 8.82. The summed E-state index contributed by atoms with van der Waals surface area (Å²) in [7, 11) is 5.11. The first kappa shape index (κ1) is 30.6. The quantitative estimate of drug-likeness (QED) is 0.204. The van der Waals surface area contributed by atoms with Gasteiger partial charge in [-0.25, -0.2) is 4.98 Å². The largest absolute Gasteiger partial charge is 0.485 e. The van der Waals surface area contributed by atoms with Crippen molar-refractivity contribution in [2.75, 3.05) is 39.1 Å². The van der Waals surface area contributed by atoms with Crippen LogP contribution in [-0.2, 0) is 11.4 Å². The third kappa shape index (κ3) is 7.11. The van der Waals surface area contributed by atoms with Gasteiger partial charge in [0.05, 0.1) is 22.9 Å². The lowest BCUT2D eigenvalue weighted by molar-refractivity contribution is -0.117. The Hall–Kier alpha value is -3.37. The Kier molecular flexibility index (Phi) is 10.1. The summed E-state index contributed by atoms with van der Waals surface area (Å²) in [6.45, 7) is 2.60. The fourth-order valence-corrected chi connectivity index (χ4v) is 5.05. The smallest absolute Gasteiger partial charge is 0.253 e. The number of hydrogen-bond donors (Lipinski definition) is 1. The molecule has 4 rings (SSSR count). The maximum absolute atomic E-state index is 12.9. The van der Waals surface area contributed by atoms with Crippen LogP contribution in [0, 0.1) is 6.92 Å². The molecule has 0 saturated heterocycles. The average molecular weight is 659 g/mol. The van der Waals surface area contributed by atoms with E-state index in [4.69, 9.17) is 27.9 Å². The van der Waals surface area contributed by atoms with Crippen molar-refractivity contribution in [2.24, 2.45) is 0 Å². The molecule has 214 valence electrons. The van der Waals surface area contributed by atoms with Gasteiger partial charge in [-0.1, -0.05) is 47.5 Å². The van der Waals surface area contributed by atoms with Crippen molar-refractivity contribution in [1.29, 1.82) is 0 Å². The molecule has 1 N–H and O–H groups in total. The summed E-state index contributed by atoms with van der Waals surface area (Å²) in [4.78, 5) is 32.5. The highest BCUT2D eigenvalue weighted by atomic mass is 79.9. The third-order valence-corrected chi connectivity index (χ3v) is 8.13. The van der Waals surface area contributed by atoms with Crippen molar-refractivity contribution < 1.29 is 14.3 Å². The van der Waals surface area contributed by atoms with Crippen molar-refractivity contribution in [1.82, 2.24) is 19.6 Å². The Morgan fingerprint density at radius 3 is 2.54 bits per heavy atom.